The number of ether oxygens (including phenoxy) is 2. The molecule has 0 bridgehead atoms. The second kappa shape index (κ2) is 7.54. The van der Waals surface area contributed by atoms with Gasteiger partial charge in [-0.05, 0) is 29.7 Å². The van der Waals surface area contributed by atoms with E-state index in [-0.39, 0.29) is 24.2 Å². The lowest BCUT2D eigenvalue weighted by atomic mass is 9.98. The van der Waals surface area contributed by atoms with E-state index in [1.54, 1.807) is 37.3 Å². The van der Waals surface area contributed by atoms with Crippen molar-refractivity contribution in [3.8, 4) is 11.5 Å². The number of benzene rings is 2. The van der Waals surface area contributed by atoms with Crippen LogP contribution in [0.1, 0.15) is 17.5 Å². The van der Waals surface area contributed by atoms with E-state index >= 15 is 0 Å². The number of carbonyl (C=O) groups is 2. The van der Waals surface area contributed by atoms with E-state index in [9.17, 15) is 9.59 Å². The maximum atomic E-state index is 13.1. The summed E-state index contributed by atoms with van der Waals surface area (Å²) in [5, 5.41) is 0. The van der Waals surface area contributed by atoms with Gasteiger partial charge in [0.25, 0.3) is 0 Å². The van der Waals surface area contributed by atoms with E-state index in [1.807, 2.05) is 17.0 Å². The normalized spacial score (nSPS) is 18.8. The van der Waals surface area contributed by atoms with Crippen LogP contribution in [-0.4, -0.2) is 44.0 Å². The van der Waals surface area contributed by atoms with Crippen LogP contribution in [0.2, 0.25) is 0 Å². The monoisotopic (exact) mass is 380 g/mol. The molecule has 1 saturated heterocycles. The molecule has 146 valence electrons. The Kier molecular flexibility index (Phi) is 4.94. The van der Waals surface area contributed by atoms with Crippen molar-refractivity contribution in [3.63, 3.8) is 0 Å². The SMILES string of the molecule is COc1ccc(OC)c(N2C[C@@H](C(=O)N3CCc4ccccc4C3)CC2=O)c1. The molecule has 4 rings (SSSR count). The molecule has 6 nitrogen and oxygen atoms in total. The second-order valence-corrected chi connectivity index (χ2v) is 7.22. The Hall–Kier alpha value is -3.02. The lowest BCUT2D eigenvalue weighted by molar-refractivity contribution is -0.136. The minimum absolute atomic E-state index is 0.0483. The topological polar surface area (TPSA) is 59.1 Å². The van der Waals surface area contributed by atoms with E-state index in [4.69, 9.17) is 9.47 Å². The molecule has 1 fully saturated rings. The molecule has 1 atom stereocenters. The average molecular weight is 380 g/mol. The van der Waals surface area contributed by atoms with Crippen molar-refractivity contribution in [2.45, 2.75) is 19.4 Å². The fraction of sp³-hybridized carbons (Fsp3) is 0.364. The van der Waals surface area contributed by atoms with Crippen molar-refractivity contribution in [1.29, 1.82) is 0 Å². The molecule has 0 N–H and O–H groups in total. The fourth-order valence-corrected chi connectivity index (χ4v) is 4.06. The summed E-state index contributed by atoms with van der Waals surface area (Å²) in [5.74, 6) is 0.878. The summed E-state index contributed by atoms with van der Waals surface area (Å²) in [5.41, 5.74) is 3.14. The quantitative estimate of drug-likeness (QED) is 0.818. The predicted molar refractivity (Wildman–Crippen MR) is 106 cm³/mol. The van der Waals surface area contributed by atoms with E-state index in [2.05, 4.69) is 12.1 Å². The summed E-state index contributed by atoms with van der Waals surface area (Å²) in [7, 11) is 3.15. The Morgan fingerprint density at radius 1 is 1.07 bits per heavy atom. The summed E-state index contributed by atoms with van der Waals surface area (Å²) >= 11 is 0. The van der Waals surface area contributed by atoms with Gasteiger partial charge in [0.05, 0.1) is 25.8 Å². The summed E-state index contributed by atoms with van der Waals surface area (Å²) in [6.45, 7) is 1.67. The van der Waals surface area contributed by atoms with E-state index in [0.717, 1.165) is 6.42 Å². The van der Waals surface area contributed by atoms with Crippen molar-refractivity contribution in [3.05, 3.63) is 53.6 Å². The Morgan fingerprint density at radius 3 is 2.61 bits per heavy atom. The third-order valence-corrected chi connectivity index (χ3v) is 5.59. The highest BCUT2D eigenvalue weighted by molar-refractivity contribution is 6.01. The zero-order valence-electron chi connectivity index (χ0n) is 16.2. The molecule has 2 aliphatic heterocycles. The van der Waals surface area contributed by atoms with Crippen LogP contribution in [0.15, 0.2) is 42.5 Å². The van der Waals surface area contributed by atoms with Crippen LogP contribution < -0.4 is 14.4 Å². The second-order valence-electron chi connectivity index (χ2n) is 7.22. The Balaban J connectivity index is 1.52. The maximum absolute atomic E-state index is 13.1. The number of carbonyl (C=O) groups excluding carboxylic acids is 2. The number of hydrogen-bond donors (Lipinski definition) is 0. The molecule has 2 aliphatic rings. The Bertz CT molecular complexity index is 911. The summed E-state index contributed by atoms with van der Waals surface area (Å²) in [6, 6.07) is 13.6. The first kappa shape index (κ1) is 18.3. The molecule has 0 spiro atoms. The fourth-order valence-electron chi connectivity index (χ4n) is 4.06. The molecule has 6 heteroatoms. The largest absolute Gasteiger partial charge is 0.497 e. The van der Waals surface area contributed by atoms with E-state index in [1.165, 1.54) is 11.1 Å². The van der Waals surface area contributed by atoms with Crippen molar-refractivity contribution >= 4 is 17.5 Å². The molecule has 2 amide bonds. The Morgan fingerprint density at radius 2 is 1.86 bits per heavy atom. The van der Waals surface area contributed by atoms with Crippen molar-refractivity contribution in [1.82, 2.24) is 4.90 Å². The lowest BCUT2D eigenvalue weighted by Crippen LogP contribution is -2.40. The van der Waals surface area contributed by atoms with Crippen LogP contribution in [0.25, 0.3) is 0 Å². The predicted octanol–water partition coefficient (Wildman–Crippen LogP) is 2.64. The summed E-state index contributed by atoms with van der Waals surface area (Å²) in [4.78, 5) is 29.3. The molecule has 0 radical (unpaired) electrons. The molecule has 2 aromatic rings. The van der Waals surface area contributed by atoms with Crippen LogP contribution in [0.4, 0.5) is 5.69 Å². The highest BCUT2D eigenvalue weighted by Gasteiger charge is 2.38. The van der Waals surface area contributed by atoms with Crippen molar-refractivity contribution in [2.75, 3.05) is 32.2 Å². The molecule has 0 aliphatic carbocycles. The number of anilines is 1. The van der Waals surface area contributed by atoms with Crippen molar-refractivity contribution in [2.24, 2.45) is 5.92 Å². The first-order valence-electron chi connectivity index (χ1n) is 9.48. The van der Waals surface area contributed by atoms with Gasteiger partial charge in [-0.25, -0.2) is 0 Å². The highest BCUT2D eigenvalue weighted by atomic mass is 16.5. The van der Waals surface area contributed by atoms with Gasteiger partial charge in [0.1, 0.15) is 11.5 Å². The number of amides is 2. The van der Waals surface area contributed by atoms with Gasteiger partial charge < -0.3 is 19.3 Å². The van der Waals surface area contributed by atoms with Gasteiger partial charge in [0.2, 0.25) is 11.8 Å². The Labute approximate surface area is 164 Å². The van der Waals surface area contributed by atoms with Gasteiger partial charge in [0.15, 0.2) is 0 Å². The van der Waals surface area contributed by atoms with Crippen molar-refractivity contribution < 1.29 is 19.1 Å². The number of methoxy groups -OCH3 is 2. The summed E-state index contributed by atoms with van der Waals surface area (Å²) in [6.07, 6.45) is 1.08. The van der Waals surface area contributed by atoms with E-state index < -0.39 is 0 Å². The zero-order valence-corrected chi connectivity index (χ0v) is 16.2. The molecule has 0 saturated carbocycles. The molecular weight excluding hydrogens is 356 g/mol. The number of nitrogens with zero attached hydrogens (tertiary/aromatic N) is 2. The smallest absolute Gasteiger partial charge is 0.228 e. The van der Waals surface area contributed by atoms with Crippen LogP contribution in [0.3, 0.4) is 0 Å². The third-order valence-electron chi connectivity index (χ3n) is 5.59. The molecule has 0 unspecified atom stereocenters. The van der Waals surface area contributed by atoms with Crippen LogP contribution in [0.5, 0.6) is 11.5 Å². The molecule has 2 heterocycles. The third kappa shape index (κ3) is 3.30. The van der Waals surface area contributed by atoms with Gasteiger partial charge in [-0.3, -0.25) is 9.59 Å². The summed E-state index contributed by atoms with van der Waals surface area (Å²) < 4.78 is 10.7. The van der Waals surface area contributed by atoms with Crippen LogP contribution in [-0.2, 0) is 22.6 Å². The van der Waals surface area contributed by atoms with Gasteiger partial charge in [-0.15, -0.1) is 0 Å². The number of hydrogen-bond acceptors (Lipinski definition) is 4. The molecule has 2 aromatic carbocycles. The first-order valence-corrected chi connectivity index (χ1v) is 9.48. The van der Waals surface area contributed by atoms with Gasteiger partial charge >= 0.3 is 0 Å². The lowest BCUT2D eigenvalue weighted by Gasteiger charge is -2.30. The molecular formula is C22H24N2O4. The number of fused-ring (bicyclic) bond motifs is 1. The van der Waals surface area contributed by atoms with Gasteiger partial charge in [-0.1, -0.05) is 24.3 Å². The average Bonchev–Trinajstić information content (AvgIpc) is 3.13. The van der Waals surface area contributed by atoms with Gasteiger partial charge in [0, 0.05) is 32.1 Å². The first-order chi connectivity index (χ1) is 13.6. The minimum Gasteiger partial charge on any atom is -0.497 e. The standard InChI is InChI=1S/C22H24N2O4/c1-27-18-7-8-20(28-2)19(12-18)24-14-17(11-21(24)25)22(26)23-10-9-15-5-3-4-6-16(15)13-23/h3-8,12,17H,9-11,13-14H2,1-2H3/t17-/m0/s1. The molecule has 28 heavy (non-hydrogen) atoms. The minimum atomic E-state index is -0.339. The van der Waals surface area contributed by atoms with E-state index in [0.29, 0.717) is 36.8 Å². The van der Waals surface area contributed by atoms with Gasteiger partial charge in [-0.2, -0.15) is 0 Å². The highest BCUT2D eigenvalue weighted by Crippen LogP contribution is 2.36. The zero-order chi connectivity index (χ0) is 19.7. The molecule has 0 aromatic heterocycles. The number of rotatable bonds is 4. The maximum Gasteiger partial charge on any atom is 0.228 e. The van der Waals surface area contributed by atoms with Crippen LogP contribution in [0, 0.1) is 5.92 Å². The van der Waals surface area contributed by atoms with Crippen LogP contribution >= 0.6 is 0 Å².